The Kier molecular flexibility index (Phi) is 7.42. The molecular formula is C30H24N4O5. The highest BCUT2D eigenvalue weighted by Gasteiger charge is 2.23. The third-order valence-corrected chi connectivity index (χ3v) is 6.04. The number of aromatic nitrogens is 2. The monoisotopic (exact) mass is 520 g/mol. The van der Waals surface area contributed by atoms with Gasteiger partial charge in [-0.05, 0) is 23.3 Å². The van der Waals surface area contributed by atoms with Crippen molar-refractivity contribution in [1.82, 2.24) is 9.97 Å². The molecule has 3 aromatic carbocycles. The van der Waals surface area contributed by atoms with Gasteiger partial charge in [0.15, 0.2) is 0 Å². The van der Waals surface area contributed by atoms with Gasteiger partial charge in [0, 0.05) is 29.0 Å². The second kappa shape index (κ2) is 11.4. The summed E-state index contributed by atoms with van der Waals surface area (Å²) in [5.41, 5.74) is 4.14. The van der Waals surface area contributed by atoms with Crippen molar-refractivity contribution in [3.63, 3.8) is 0 Å². The number of benzene rings is 3. The Balaban J connectivity index is 1.59. The highest BCUT2D eigenvalue weighted by molar-refractivity contribution is 6.06. The number of hydrogen-bond donors (Lipinski definition) is 4. The van der Waals surface area contributed by atoms with Gasteiger partial charge >= 0.3 is 5.97 Å². The average molecular weight is 521 g/mol. The molecular weight excluding hydrogens is 496 g/mol. The van der Waals surface area contributed by atoms with E-state index in [1.807, 2.05) is 72.8 Å². The molecule has 0 fully saturated rings. The van der Waals surface area contributed by atoms with E-state index in [0.717, 1.165) is 34.4 Å². The van der Waals surface area contributed by atoms with E-state index in [2.05, 4.69) is 20.6 Å². The molecule has 1 amide bonds. The molecule has 0 aliphatic rings. The Morgan fingerprint density at radius 3 is 2.23 bits per heavy atom. The summed E-state index contributed by atoms with van der Waals surface area (Å²) < 4.78 is 6.26. The van der Waals surface area contributed by atoms with Crippen LogP contribution in [0, 0.1) is 0 Å². The Hall–Kier alpha value is -5.28. The van der Waals surface area contributed by atoms with E-state index in [-0.39, 0.29) is 6.61 Å². The molecule has 1 atom stereocenters. The third-order valence-electron chi connectivity index (χ3n) is 6.04. The Labute approximate surface area is 223 Å². The van der Waals surface area contributed by atoms with Gasteiger partial charge in [-0.2, -0.15) is 0 Å². The molecule has 2 heterocycles. The van der Waals surface area contributed by atoms with Gasteiger partial charge in [-0.25, -0.2) is 14.8 Å². The number of furan rings is 1. The van der Waals surface area contributed by atoms with Crippen molar-refractivity contribution in [2.75, 3.05) is 17.2 Å². The molecule has 5 aromatic rings. The molecule has 194 valence electrons. The van der Waals surface area contributed by atoms with Crippen molar-refractivity contribution < 1.29 is 24.2 Å². The van der Waals surface area contributed by atoms with Crippen molar-refractivity contribution in [3.05, 3.63) is 109 Å². The number of carbonyl (C=O) groups is 2. The van der Waals surface area contributed by atoms with Crippen LogP contribution in [0.25, 0.3) is 33.6 Å². The van der Waals surface area contributed by atoms with Crippen molar-refractivity contribution in [3.8, 4) is 22.5 Å². The van der Waals surface area contributed by atoms with E-state index in [0.29, 0.717) is 28.4 Å². The highest BCUT2D eigenvalue weighted by atomic mass is 16.4. The van der Waals surface area contributed by atoms with Gasteiger partial charge < -0.3 is 25.3 Å². The van der Waals surface area contributed by atoms with Crippen molar-refractivity contribution in [1.29, 1.82) is 0 Å². The fourth-order valence-electron chi connectivity index (χ4n) is 4.25. The minimum atomic E-state index is -1.21. The number of anilines is 2. The number of aliphatic carboxylic acids is 1. The fraction of sp³-hybridized carbons (Fsp3) is 0.0667. The van der Waals surface area contributed by atoms with Gasteiger partial charge in [0.2, 0.25) is 11.6 Å². The molecule has 0 saturated carbocycles. The van der Waals surface area contributed by atoms with Crippen LogP contribution in [0.1, 0.15) is 11.6 Å². The zero-order valence-electron chi connectivity index (χ0n) is 20.6. The number of nitrogens with zero attached hydrogens (tertiary/aromatic N) is 2. The Morgan fingerprint density at radius 1 is 0.872 bits per heavy atom. The molecule has 9 heteroatoms. The van der Waals surface area contributed by atoms with Gasteiger partial charge in [-0.15, -0.1) is 0 Å². The van der Waals surface area contributed by atoms with Crippen molar-refractivity contribution in [2.24, 2.45) is 0 Å². The smallest absolute Gasteiger partial charge is 0.328 e. The molecule has 2 aromatic heterocycles. The number of rotatable bonds is 9. The molecule has 4 N–H and O–H groups in total. The number of aliphatic hydroxyl groups is 1. The number of carboxylic acids is 1. The van der Waals surface area contributed by atoms with E-state index in [1.165, 1.54) is 6.33 Å². The second-order valence-corrected chi connectivity index (χ2v) is 8.60. The number of nitrogens with one attached hydrogen (secondary N) is 2. The fourth-order valence-corrected chi connectivity index (χ4v) is 4.25. The summed E-state index contributed by atoms with van der Waals surface area (Å²) in [6.45, 7) is -0.154. The van der Waals surface area contributed by atoms with Crippen LogP contribution in [0.4, 0.5) is 11.5 Å². The summed E-state index contributed by atoms with van der Waals surface area (Å²) in [5, 5.41) is 25.5. The van der Waals surface area contributed by atoms with Crippen LogP contribution in [0.5, 0.6) is 0 Å². The van der Waals surface area contributed by atoms with Crippen LogP contribution in [-0.4, -0.2) is 38.7 Å². The predicted molar refractivity (Wildman–Crippen MR) is 148 cm³/mol. The predicted octanol–water partition coefficient (Wildman–Crippen LogP) is 5.28. The lowest BCUT2D eigenvalue weighted by Gasteiger charge is -2.18. The SMILES string of the molecule is O=C(O)/C=C/C(=O)Nc1ccc(-c2c(-c3ccccc3)oc3ncnc(N[C@H](CO)c4ccccc4)c23)cc1. The van der Waals surface area contributed by atoms with Gasteiger partial charge in [0.05, 0.1) is 18.0 Å². The maximum absolute atomic E-state index is 12.0. The molecule has 0 spiro atoms. The second-order valence-electron chi connectivity index (χ2n) is 8.60. The number of fused-ring (bicyclic) bond motifs is 1. The topological polar surface area (TPSA) is 138 Å². The lowest BCUT2D eigenvalue weighted by Crippen LogP contribution is -2.15. The van der Waals surface area contributed by atoms with Crippen LogP contribution < -0.4 is 10.6 Å². The molecule has 39 heavy (non-hydrogen) atoms. The van der Waals surface area contributed by atoms with E-state index < -0.39 is 17.9 Å². The van der Waals surface area contributed by atoms with Crippen molar-refractivity contribution in [2.45, 2.75) is 6.04 Å². The molecule has 0 unspecified atom stereocenters. The van der Waals surface area contributed by atoms with Gasteiger partial charge in [-0.3, -0.25) is 4.79 Å². The summed E-state index contributed by atoms with van der Waals surface area (Å²) in [6.07, 6.45) is 3.14. The summed E-state index contributed by atoms with van der Waals surface area (Å²) in [7, 11) is 0. The number of amides is 1. The first kappa shape index (κ1) is 25.4. The third kappa shape index (κ3) is 5.68. The summed E-state index contributed by atoms with van der Waals surface area (Å²) in [4.78, 5) is 31.6. The first-order valence-corrected chi connectivity index (χ1v) is 12.1. The van der Waals surface area contributed by atoms with Gasteiger partial charge in [0.25, 0.3) is 0 Å². The Bertz CT molecular complexity index is 1630. The average Bonchev–Trinajstić information content (AvgIpc) is 3.37. The summed E-state index contributed by atoms with van der Waals surface area (Å²) in [5.74, 6) is -0.668. The molecule has 0 aliphatic carbocycles. The first-order chi connectivity index (χ1) is 19.0. The largest absolute Gasteiger partial charge is 0.478 e. The minimum Gasteiger partial charge on any atom is -0.478 e. The lowest BCUT2D eigenvalue weighted by atomic mass is 9.98. The standard InChI is InChI=1S/C30H24N4O5/c35-17-23(19-7-3-1-4-8-19)34-29-27-26(20-11-13-22(14-12-20)33-24(36)15-16-25(37)38)28(21-9-5-2-6-10-21)39-30(27)32-18-31-29/h1-16,18,23,35H,17H2,(H,33,36)(H,37,38)(H,31,32,34)/b16-15+/t23-/m1/s1. The van der Waals surface area contributed by atoms with Gasteiger partial charge in [-0.1, -0.05) is 72.8 Å². The quantitative estimate of drug-likeness (QED) is 0.193. The molecule has 0 saturated heterocycles. The molecule has 0 bridgehead atoms. The highest BCUT2D eigenvalue weighted by Crippen LogP contribution is 2.43. The molecule has 5 rings (SSSR count). The van der Waals surface area contributed by atoms with E-state index in [4.69, 9.17) is 9.52 Å². The molecule has 9 nitrogen and oxygen atoms in total. The number of aliphatic hydroxyl groups excluding tert-OH is 1. The summed E-state index contributed by atoms with van der Waals surface area (Å²) in [6, 6.07) is 25.9. The number of carbonyl (C=O) groups excluding carboxylic acids is 1. The number of carboxylic acid groups (broad SMARTS) is 1. The summed E-state index contributed by atoms with van der Waals surface area (Å²) >= 11 is 0. The lowest BCUT2D eigenvalue weighted by molar-refractivity contribution is -0.131. The molecule has 0 radical (unpaired) electrons. The maximum Gasteiger partial charge on any atom is 0.328 e. The van der Waals surface area contributed by atoms with Crippen molar-refractivity contribution >= 4 is 34.5 Å². The van der Waals surface area contributed by atoms with E-state index in [9.17, 15) is 14.7 Å². The van der Waals surface area contributed by atoms with Crippen LogP contribution >= 0.6 is 0 Å². The number of hydrogen-bond acceptors (Lipinski definition) is 7. The van der Waals surface area contributed by atoms with Gasteiger partial charge in [0.1, 0.15) is 17.9 Å². The van der Waals surface area contributed by atoms with Crippen LogP contribution in [-0.2, 0) is 9.59 Å². The zero-order valence-corrected chi connectivity index (χ0v) is 20.6. The Morgan fingerprint density at radius 2 is 1.56 bits per heavy atom. The molecule has 0 aliphatic heterocycles. The normalized spacial score (nSPS) is 11.9. The first-order valence-electron chi connectivity index (χ1n) is 12.1. The minimum absolute atomic E-state index is 0.154. The zero-order chi connectivity index (χ0) is 27.2. The van der Waals surface area contributed by atoms with E-state index >= 15 is 0 Å². The van der Waals surface area contributed by atoms with Crippen LogP contribution in [0.2, 0.25) is 0 Å². The van der Waals surface area contributed by atoms with Crippen LogP contribution in [0.15, 0.2) is 108 Å². The van der Waals surface area contributed by atoms with Crippen LogP contribution in [0.3, 0.4) is 0 Å². The van der Waals surface area contributed by atoms with E-state index in [1.54, 1.807) is 12.1 Å². The maximum atomic E-state index is 12.0.